The lowest BCUT2D eigenvalue weighted by molar-refractivity contribution is 0.312. The van der Waals surface area contributed by atoms with E-state index in [0.29, 0.717) is 10.0 Å². The Morgan fingerprint density at radius 3 is 2.26 bits per heavy atom. The van der Waals surface area contributed by atoms with Crippen molar-refractivity contribution in [2.45, 2.75) is 6.92 Å². The molecule has 7 heteroatoms. The Labute approximate surface area is 146 Å². The van der Waals surface area contributed by atoms with Gasteiger partial charge in [0.05, 0.1) is 0 Å². The fourth-order valence-electron chi connectivity index (χ4n) is 2.59. The fourth-order valence-corrected chi connectivity index (χ4v) is 3.11. The van der Waals surface area contributed by atoms with E-state index in [1.807, 2.05) is 25.1 Å². The van der Waals surface area contributed by atoms with Crippen LogP contribution in [0.4, 0.5) is 17.3 Å². The van der Waals surface area contributed by atoms with Crippen molar-refractivity contribution >= 4 is 40.5 Å². The highest BCUT2D eigenvalue weighted by Gasteiger charge is 2.16. The van der Waals surface area contributed by atoms with Gasteiger partial charge in [0.15, 0.2) is 0 Å². The van der Waals surface area contributed by atoms with Crippen LogP contribution in [0.25, 0.3) is 0 Å². The minimum Gasteiger partial charge on any atom is -0.354 e. The molecule has 0 amide bonds. The first-order valence-corrected chi connectivity index (χ1v) is 8.27. The fraction of sp³-hybridized carbons (Fsp3) is 0.375. The zero-order chi connectivity index (χ0) is 16.4. The lowest BCUT2D eigenvalue weighted by Crippen LogP contribution is -2.44. The number of anilines is 3. The van der Waals surface area contributed by atoms with Crippen LogP contribution >= 0.6 is 23.2 Å². The molecule has 1 aliphatic rings. The third-order valence-corrected chi connectivity index (χ3v) is 4.22. The van der Waals surface area contributed by atoms with Gasteiger partial charge in [0.2, 0.25) is 0 Å². The maximum absolute atomic E-state index is 6.04. The summed E-state index contributed by atoms with van der Waals surface area (Å²) in [7, 11) is 2.14. The first kappa shape index (κ1) is 16.3. The Bertz CT molecular complexity index is 679. The van der Waals surface area contributed by atoms with Crippen LogP contribution < -0.4 is 10.2 Å². The van der Waals surface area contributed by atoms with E-state index in [1.54, 1.807) is 6.07 Å². The van der Waals surface area contributed by atoms with Gasteiger partial charge in [-0.05, 0) is 32.2 Å². The highest BCUT2D eigenvalue weighted by atomic mass is 35.5. The Morgan fingerprint density at radius 1 is 0.957 bits per heavy atom. The van der Waals surface area contributed by atoms with Gasteiger partial charge >= 0.3 is 0 Å². The summed E-state index contributed by atoms with van der Waals surface area (Å²) in [6, 6.07) is 7.31. The van der Waals surface area contributed by atoms with Crippen LogP contribution in [0.3, 0.4) is 0 Å². The van der Waals surface area contributed by atoms with E-state index in [0.717, 1.165) is 49.3 Å². The third-order valence-electron chi connectivity index (χ3n) is 3.79. The van der Waals surface area contributed by atoms with Crippen molar-refractivity contribution in [1.29, 1.82) is 0 Å². The minimum absolute atomic E-state index is 0.588. The molecule has 23 heavy (non-hydrogen) atoms. The highest BCUT2D eigenvalue weighted by Crippen LogP contribution is 2.26. The number of nitrogens with zero attached hydrogens (tertiary/aromatic N) is 4. The van der Waals surface area contributed by atoms with Crippen molar-refractivity contribution < 1.29 is 0 Å². The molecule has 0 saturated carbocycles. The molecule has 0 bridgehead atoms. The van der Waals surface area contributed by atoms with Gasteiger partial charge < -0.3 is 15.1 Å². The topological polar surface area (TPSA) is 44.3 Å². The van der Waals surface area contributed by atoms with Crippen molar-refractivity contribution in [2.75, 3.05) is 43.4 Å². The first-order valence-electron chi connectivity index (χ1n) is 7.52. The molecule has 1 aromatic carbocycles. The number of aryl methyl sites for hydroxylation is 1. The van der Waals surface area contributed by atoms with Gasteiger partial charge in [0.25, 0.3) is 0 Å². The van der Waals surface area contributed by atoms with E-state index in [4.69, 9.17) is 23.2 Å². The second-order valence-corrected chi connectivity index (χ2v) is 6.60. The summed E-state index contributed by atoms with van der Waals surface area (Å²) >= 11 is 12.1. The maximum atomic E-state index is 6.04. The normalized spacial score (nSPS) is 15.7. The molecule has 1 fully saturated rings. The molecule has 0 atom stereocenters. The Balaban J connectivity index is 1.82. The Morgan fingerprint density at radius 2 is 1.61 bits per heavy atom. The van der Waals surface area contributed by atoms with Crippen LogP contribution in [0.5, 0.6) is 0 Å². The second-order valence-electron chi connectivity index (χ2n) is 5.73. The molecule has 2 aromatic rings. The smallest absolute Gasteiger partial charge is 0.136 e. The zero-order valence-corrected chi connectivity index (χ0v) is 14.7. The van der Waals surface area contributed by atoms with E-state index in [2.05, 4.69) is 32.1 Å². The third kappa shape index (κ3) is 4.25. The van der Waals surface area contributed by atoms with Gasteiger partial charge in [-0.2, -0.15) is 0 Å². The Hall–Kier alpha value is -1.56. The molecule has 2 heterocycles. The van der Waals surface area contributed by atoms with Gasteiger partial charge in [0, 0.05) is 48.0 Å². The van der Waals surface area contributed by atoms with Crippen molar-refractivity contribution in [3.8, 4) is 0 Å². The molecule has 1 N–H and O–H groups in total. The first-order chi connectivity index (χ1) is 11.0. The van der Waals surface area contributed by atoms with Crippen LogP contribution in [-0.2, 0) is 0 Å². The van der Waals surface area contributed by atoms with Crippen LogP contribution in [0, 0.1) is 6.92 Å². The summed E-state index contributed by atoms with van der Waals surface area (Å²) in [5.74, 6) is 2.42. The van der Waals surface area contributed by atoms with Crippen molar-refractivity contribution in [3.05, 3.63) is 40.1 Å². The highest BCUT2D eigenvalue weighted by molar-refractivity contribution is 6.35. The maximum Gasteiger partial charge on any atom is 0.136 e. The summed E-state index contributed by atoms with van der Waals surface area (Å²) in [6.07, 6.45) is 0. The van der Waals surface area contributed by atoms with E-state index in [1.165, 1.54) is 0 Å². The lowest BCUT2D eigenvalue weighted by atomic mass is 10.3. The van der Waals surface area contributed by atoms with E-state index < -0.39 is 0 Å². The summed E-state index contributed by atoms with van der Waals surface area (Å²) in [6.45, 7) is 5.91. The number of likely N-dealkylation sites (N-methyl/N-ethyl adjacent to an activating group) is 1. The molecule has 0 unspecified atom stereocenters. The standard InChI is InChI=1S/C16H19Cl2N5/c1-11-19-15(21-14-8-12(17)7-13(18)9-14)10-16(20-11)23-5-3-22(2)4-6-23/h7-10H,3-6H2,1-2H3,(H,19,20,21). The molecule has 0 spiro atoms. The van der Waals surface area contributed by atoms with Crippen molar-refractivity contribution in [2.24, 2.45) is 0 Å². The van der Waals surface area contributed by atoms with Gasteiger partial charge in [-0.3, -0.25) is 0 Å². The molecule has 0 radical (unpaired) electrons. The molecule has 1 saturated heterocycles. The quantitative estimate of drug-likeness (QED) is 0.915. The van der Waals surface area contributed by atoms with Crippen molar-refractivity contribution in [3.63, 3.8) is 0 Å². The largest absolute Gasteiger partial charge is 0.354 e. The number of piperazine rings is 1. The van der Waals surface area contributed by atoms with E-state index in [-0.39, 0.29) is 0 Å². The molecule has 5 nitrogen and oxygen atoms in total. The van der Waals surface area contributed by atoms with Gasteiger partial charge in [0.1, 0.15) is 17.5 Å². The molecule has 0 aliphatic carbocycles. The monoisotopic (exact) mass is 351 g/mol. The van der Waals surface area contributed by atoms with Gasteiger partial charge in [-0.25, -0.2) is 9.97 Å². The summed E-state index contributed by atoms with van der Waals surface area (Å²) in [4.78, 5) is 13.6. The summed E-state index contributed by atoms with van der Waals surface area (Å²) < 4.78 is 0. The number of aromatic nitrogens is 2. The minimum atomic E-state index is 0.588. The molecular weight excluding hydrogens is 333 g/mol. The van der Waals surface area contributed by atoms with E-state index >= 15 is 0 Å². The number of benzene rings is 1. The molecule has 122 valence electrons. The second kappa shape index (κ2) is 6.91. The van der Waals surface area contributed by atoms with Gasteiger partial charge in [-0.15, -0.1) is 0 Å². The summed E-state index contributed by atoms with van der Waals surface area (Å²) in [5.41, 5.74) is 0.810. The van der Waals surface area contributed by atoms with Crippen LogP contribution in [-0.4, -0.2) is 48.1 Å². The lowest BCUT2D eigenvalue weighted by Gasteiger charge is -2.33. The van der Waals surface area contributed by atoms with Crippen molar-refractivity contribution in [1.82, 2.24) is 14.9 Å². The predicted molar refractivity (Wildman–Crippen MR) is 96.2 cm³/mol. The Kier molecular flexibility index (Phi) is 4.90. The van der Waals surface area contributed by atoms with Gasteiger partial charge in [-0.1, -0.05) is 23.2 Å². The average Bonchev–Trinajstić information content (AvgIpc) is 2.46. The number of halogens is 2. The zero-order valence-electron chi connectivity index (χ0n) is 13.2. The molecule has 1 aromatic heterocycles. The molecular formula is C16H19Cl2N5. The number of hydrogen-bond acceptors (Lipinski definition) is 5. The number of hydrogen-bond donors (Lipinski definition) is 1. The number of nitrogens with one attached hydrogen (secondary N) is 1. The predicted octanol–water partition coefficient (Wildman–Crippen LogP) is 3.59. The summed E-state index contributed by atoms with van der Waals surface area (Å²) in [5, 5.41) is 4.43. The van der Waals surface area contributed by atoms with E-state index in [9.17, 15) is 0 Å². The van der Waals surface area contributed by atoms with Crippen LogP contribution in [0.15, 0.2) is 24.3 Å². The van der Waals surface area contributed by atoms with Crippen LogP contribution in [0.1, 0.15) is 5.82 Å². The SMILES string of the molecule is Cc1nc(Nc2cc(Cl)cc(Cl)c2)cc(N2CCN(C)CC2)n1. The molecule has 3 rings (SSSR count). The average molecular weight is 352 g/mol. The number of rotatable bonds is 3. The molecule has 1 aliphatic heterocycles. The van der Waals surface area contributed by atoms with Crippen LogP contribution in [0.2, 0.25) is 10.0 Å².